The van der Waals surface area contributed by atoms with Crippen LogP contribution in [0.5, 0.6) is 5.75 Å². The van der Waals surface area contributed by atoms with Crippen LogP contribution in [0.25, 0.3) is 10.9 Å². The first-order valence-corrected chi connectivity index (χ1v) is 13.8. The quantitative estimate of drug-likeness (QED) is 0.105. The Kier molecular flexibility index (Phi) is 10.7. The molecule has 40 heavy (non-hydrogen) atoms. The number of amides is 1. The maximum absolute atomic E-state index is 13.3. The van der Waals surface area contributed by atoms with Crippen LogP contribution in [-0.2, 0) is 15.7 Å². The number of carbonyl (C=O) groups is 1. The van der Waals surface area contributed by atoms with Gasteiger partial charge in [0.05, 0.1) is 25.2 Å². The number of ether oxygens (including phenoxy) is 1. The highest BCUT2D eigenvalue weighted by molar-refractivity contribution is 7.39. The third-order valence-electron chi connectivity index (χ3n) is 5.89. The molecule has 0 aliphatic heterocycles. The summed E-state index contributed by atoms with van der Waals surface area (Å²) in [6.07, 6.45) is 2.27. The molecule has 0 saturated heterocycles. The Morgan fingerprint density at radius 2 is 2.00 bits per heavy atom. The fourth-order valence-corrected chi connectivity index (χ4v) is 4.21. The molecule has 4 rings (SSSR count). The summed E-state index contributed by atoms with van der Waals surface area (Å²) in [5.41, 5.74) is 1.65. The molecule has 0 aliphatic carbocycles. The van der Waals surface area contributed by atoms with Gasteiger partial charge in [-0.1, -0.05) is 13.0 Å². The van der Waals surface area contributed by atoms with Crippen LogP contribution in [0.4, 0.5) is 21.7 Å². The summed E-state index contributed by atoms with van der Waals surface area (Å²) in [6.45, 7) is 5.02. The van der Waals surface area contributed by atoms with Gasteiger partial charge in [0.15, 0.2) is 5.82 Å². The monoisotopic (exact) mass is 571 g/mol. The zero-order valence-corrected chi connectivity index (χ0v) is 22.8. The van der Waals surface area contributed by atoms with Gasteiger partial charge in [-0.2, -0.15) is 5.10 Å². The second-order valence-corrected chi connectivity index (χ2v) is 9.53. The summed E-state index contributed by atoms with van der Waals surface area (Å²) >= 11 is 0. The van der Waals surface area contributed by atoms with Gasteiger partial charge >= 0.3 is 8.60 Å². The van der Waals surface area contributed by atoms with Gasteiger partial charge in [-0.15, -0.1) is 0 Å². The molecule has 2 aromatic heterocycles. The number of likely N-dealkylation sites (N-methyl/N-ethyl adjacent to an activating group) is 1. The normalized spacial score (nSPS) is 11.3. The number of fused-ring (bicyclic) bond motifs is 1. The van der Waals surface area contributed by atoms with Crippen LogP contribution in [0.15, 0.2) is 54.9 Å². The van der Waals surface area contributed by atoms with Crippen molar-refractivity contribution in [3.8, 4) is 5.75 Å². The maximum atomic E-state index is 13.3. The zero-order chi connectivity index (χ0) is 28.3. The molecule has 2 heterocycles. The lowest BCUT2D eigenvalue weighted by atomic mass is 10.2. The highest BCUT2D eigenvalue weighted by atomic mass is 31.2. The molecule has 1 amide bonds. The minimum absolute atomic E-state index is 0.0344. The number of aromatic amines is 1. The second kappa shape index (κ2) is 14.6. The fourth-order valence-electron chi connectivity index (χ4n) is 3.97. The minimum Gasteiger partial charge on any atom is -0.493 e. The molecular weight excluding hydrogens is 540 g/mol. The summed E-state index contributed by atoms with van der Waals surface area (Å²) in [4.78, 5) is 40.8. The number of rotatable bonds is 15. The van der Waals surface area contributed by atoms with Crippen LogP contribution < -0.4 is 15.4 Å². The third-order valence-corrected chi connectivity index (χ3v) is 6.31. The van der Waals surface area contributed by atoms with E-state index >= 15 is 0 Å². The summed E-state index contributed by atoms with van der Waals surface area (Å²) in [6, 6.07) is 13.0. The second-order valence-electron chi connectivity index (χ2n) is 8.76. The average molecular weight is 572 g/mol. The minimum atomic E-state index is -2.32. The van der Waals surface area contributed by atoms with Crippen molar-refractivity contribution >= 4 is 42.7 Å². The Morgan fingerprint density at radius 3 is 2.80 bits per heavy atom. The molecule has 212 valence electrons. The maximum Gasteiger partial charge on any atom is 0.327 e. The van der Waals surface area contributed by atoms with Gasteiger partial charge < -0.3 is 34.6 Å². The lowest BCUT2D eigenvalue weighted by molar-refractivity contribution is -0.115. The largest absolute Gasteiger partial charge is 0.493 e. The van der Waals surface area contributed by atoms with Crippen LogP contribution in [0, 0.1) is 5.82 Å². The van der Waals surface area contributed by atoms with Crippen molar-refractivity contribution in [2.45, 2.75) is 19.8 Å². The number of H-pyrrole nitrogens is 1. The predicted molar refractivity (Wildman–Crippen MR) is 150 cm³/mol. The zero-order valence-electron chi connectivity index (χ0n) is 21.9. The van der Waals surface area contributed by atoms with Gasteiger partial charge in [0.2, 0.25) is 5.91 Å². The first-order valence-electron chi connectivity index (χ1n) is 12.7. The number of hydrogen-bond donors (Lipinski definition) is 5. The molecule has 0 atom stereocenters. The summed E-state index contributed by atoms with van der Waals surface area (Å²) in [7, 11) is -2.32. The van der Waals surface area contributed by atoms with E-state index in [9.17, 15) is 9.18 Å². The number of nitrogens with one attached hydrogen (secondary N) is 3. The molecule has 0 radical (unpaired) electrons. The van der Waals surface area contributed by atoms with Crippen LogP contribution >= 0.6 is 8.60 Å². The molecular formula is C26H31FN7O5P. The molecule has 14 heteroatoms. The number of halogens is 1. The van der Waals surface area contributed by atoms with E-state index in [1.165, 1.54) is 24.5 Å². The van der Waals surface area contributed by atoms with E-state index in [4.69, 9.17) is 19.0 Å². The van der Waals surface area contributed by atoms with E-state index in [1.54, 1.807) is 12.1 Å². The summed E-state index contributed by atoms with van der Waals surface area (Å²) < 4.78 is 24.1. The van der Waals surface area contributed by atoms with Crippen molar-refractivity contribution in [1.82, 2.24) is 25.1 Å². The van der Waals surface area contributed by atoms with E-state index in [-0.39, 0.29) is 18.9 Å². The number of nitrogens with zero attached hydrogens (tertiary/aromatic N) is 4. The van der Waals surface area contributed by atoms with Gasteiger partial charge in [-0.05, 0) is 43.3 Å². The molecule has 0 aliphatic rings. The van der Waals surface area contributed by atoms with E-state index in [2.05, 4.69) is 35.7 Å². The van der Waals surface area contributed by atoms with E-state index in [0.717, 1.165) is 24.9 Å². The van der Waals surface area contributed by atoms with Crippen LogP contribution in [-0.4, -0.2) is 73.6 Å². The first kappa shape index (κ1) is 29.2. The van der Waals surface area contributed by atoms with Crippen molar-refractivity contribution in [3.63, 3.8) is 0 Å². The van der Waals surface area contributed by atoms with Gasteiger partial charge in [0.1, 0.15) is 23.7 Å². The van der Waals surface area contributed by atoms with E-state index in [0.29, 0.717) is 47.4 Å². The highest BCUT2D eigenvalue weighted by Gasteiger charge is 2.11. The SMILES string of the molecule is CCN(CCCOc1ccc2c(Nc3cc(CC(=O)Nc4cccc(F)c4)[nH]n3)ncnc2c1)CCOP(O)O. The first-order chi connectivity index (χ1) is 19.4. The van der Waals surface area contributed by atoms with Crippen molar-refractivity contribution in [2.75, 3.05) is 43.5 Å². The Labute approximate surface area is 231 Å². The molecule has 2 aromatic carbocycles. The number of carbonyl (C=O) groups excluding carboxylic acids is 1. The predicted octanol–water partition coefficient (Wildman–Crippen LogP) is 3.74. The van der Waals surface area contributed by atoms with Crippen LogP contribution in [0.2, 0.25) is 0 Å². The molecule has 5 N–H and O–H groups in total. The Bertz CT molecular complexity index is 1410. The number of hydrogen-bond acceptors (Lipinski definition) is 10. The molecule has 0 spiro atoms. The Balaban J connectivity index is 1.29. The summed E-state index contributed by atoms with van der Waals surface area (Å²) in [5.74, 6) is 0.981. The molecule has 0 saturated carbocycles. The summed E-state index contributed by atoms with van der Waals surface area (Å²) in [5, 5.41) is 13.6. The van der Waals surface area contributed by atoms with Crippen molar-refractivity contribution in [1.29, 1.82) is 0 Å². The number of benzene rings is 2. The Hall–Kier alpha value is -3.74. The molecule has 0 unspecified atom stereocenters. The van der Waals surface area contributed by atoms with Gasteiger partial charge in [-0.3, -0.25) is 9.89 Å². The fraction of sp³-hybridized carbons (Fsp3) is 0.308. The number of anilines is 3. The van der Waals surface area contributed by atoms with Gasteiger partial charge in [0.25, 0.3) is 0 Å². The smallest absolute Gasteiger partial charge is 0.327 e. The van der Waals surface area contributed by atoms with Crippen molar-refractivity contribution in [3.05, 3.63) is 66.4 Å². The molecule has 0 fully saturated rings. The van der Waals surface area contributed by atoms with Crippen molar-refractivity contribution in [2.24, 2.45) is 0 Å². The highest BCUT2D eigenvalue weighted by Crippen LogP contribution is 2.26. The topological polar surface area (TPSA) is 158 Å². The standard InChI is InChI=1S/C26H31FN7O5P/c1-2-34(10-12-39-40(36)37)9-4-11-38-21-7-8-22-23(16-21)28-17-29-26(22)31-24-14-20(32-33-24)15-25(35)30-19-6-3-5-18(27)13-19/h3,5-8,13-14,16-17,36-37H,2,4,9-12,15H2,1H3,(H,30,35)(H2,28,29,31,32,33). The van der Waals surface area contributed by atoms with Crippen LogP contribution in [0.3, 0.4) is 0 Å². The van der Waals surface area contributed by atoms with Gasteiger partial charge in [0, 0.05) is 42.0 Å². The average Bonchev–Trinajstić information content (AvgIpc) is 3.36. The van der Waals surface area contributed by atoms with E-state index < -0.39 is 14.4 Å². The third kappa shape index (κ3) is 8.90. The Morgan fingerprint density at radius 1 is 1.12 bits per heavy atom. The van der Waals surface area contributed by atoms with Crippen molar-refractivity contribution < 1.29 is 28.2 Å². The lowest BCUT2D eigenvalue weighted by Gasteiger charge is -2.20. The molecule has 12 nitrogen and oxygen atoms in total. The van der Waals surface area contributed by atoms with Crippen LogP contribution in [0.1, 0.15) is 19.0 Å². The molecule has 0 bridgehead atoms. The van der Waals surface area contributed by atoms with E-state index in [1.807, 2.05) is 25.1 Å². The lowest BCUT2D eigenvalue weighted by Crippen LogP contribution is -2.29. The number of aromatic nitrogens is 4. The van der Waals surface area contributed by atoms with Gasteiger partial charge in [-0.25, -0.2) is 14.4 Å². The molecule has 4 aromatic rings.